The van der Waals surface area contributed by atoms with Gasteiger partial charge in [-0.2, -0.15) is 0 Å². The first kappa shape index (κ1) is 25.3. The number of benzene rings is 3. The smallest absolute Gasteiger partial charge is 0.341 e. The number of para-hydroxylation sites is 1. The Morgan fingerprint density at radius 2 is 1.83 bits per heavy atom. The van der Waals surface area contributed by atoms with Gasteiger partial charge in [-0.1, -0.05) is 43.3 Å². The molecule has 4 rings (SSSR count). The molecule has 4 N–H and O–H groups in total. The van der Waals surface area contributed by atoms with Gasteiger partial charge in [-0.3, -0.25) is 4.79 Å². The Morgan fingerprint density at radius 3 is 2.54 bits per heavy atom. The van der Waals surface area contributed by atoms with Gasteiger partial charge in [-0.05, 0) is 47.4 Å². The van der Waals surface area contributed by atoms with Crippen LogP contribution in [0.5, 0.6) is 11.5 Å². The molecule has 35 heavy (non-hydrogen) atoms. The first-order chi connectivity index (χ1) is 17.0. The molecule has 1 aromatic heterocycles. The Balaban J connectivity index is 0.00000108. The average Bonchev–Trinajstić information content (AvgIpc) is 3.36. The van der Waals surface area contributed by atoms with Crippen molar-refractivity contribution in [1.29, 1.82) is 0 Å². The number of rotatable bonds is 9. The van der Waals surface area contributed by atoms with Crippen LogP contribution < -0.4 is 15.2 Å². The fourth-order valence-electron chi connectivity index (χ4n) is 3.76. The molecule has 0 aliphatic rings. The molecular formula is C27H27NO7. The van der Waals surface area contributed by atoms with Gasteiger partial charge in [0.05, 0.1) is 11.6 Å². The Bertz CT molecular complexity index is 1300. The monoisotopic (exact) mass is 477 g/mol. The summed E-state index contributed by atoms with van der Waals surface area (Å²) in [5.74, 6) is 0.187. The summed E-state index contributed by atoms with van der Waals surface area (Å²) in [5, 5.41) is 16.8. The molecule has 1 heterocycles. The largest absolute Gasteiger partial charge is 0.488 e. The number of aryl methyl sites for hydroxylation is 1. The number of carboxylic acids is 1. The van der Waals surface area contributed by atoms with Crippen molar-refractivity contribution in [2.45, 2.75) is 26.5 Å². The number of carbonyl (C=O) groups is 2. The van der Waals surface area contributed by atoms with Crippen LogP contribution in [-0.2, 0) is 29.2 Å². The molecule has 0 amide bonds. The van der Waals surface area contributed by atoms with Crippen molar-refractivity contribution >= 4 is 23.4 Å². The maximum atomic E-state index is 11.2. The fourth-order valence-corrected chi connectivity index (χ4v) is 3.76. The zero-order valence-corrected chi connectivity index (χ0v) is 19.3. The van der Waals surface area contributed by atoms with Gasteiger partial charge < -0.3 is 29.8 Å². The number of fused-ring (bicyclic) bond motifs is 1. The minimum absolute atomic E-state index is 0.219. The molecule has 0 atom stereocenters. The first-order valence-corrected chi connectivity index (χ1v) is 11.0. The lowest BCUT2D eigenvalue weighted by Gasteiger charge is -2.16. The third-order valence-corrected chi connectivity index (χ3v) is 5.32. The lowest BCUT2D eigenvalue weighted by molar-refractivity contribution is -0.139. The highest BCUT2D eigenvalue weighted by molar-refractivity contribution is 5.97. The number of furan rings is 1. The Morgan fingerprint density at radius 1 is 1.06 bits per heavy atom. The van der Waals surface area contributed by atoms with E-state index in [-0.39, 0.29) is 13.1 Å². The molecule has 0 aliphatic carbocycles. The maximum Gasteiger partial charge on any atom is 0.341 e. The van der Waals surface area contributed by atoms with E-state index in [4.69, 9.17) is 34.6 Å². The van der Waals surface area contributed by atoms with E-state index >= 15 is 0 Å². The van der Waals surface area contributed by atoms with Crippen molar-refractivity contribution < 1.29 is 33.7 Å². The Labute approximate surface area is 202 Å². The summed E-state index contributed by atoms with van der Waals surface area (Å²) in [4.78, 5) is 19.5. The van der Waals surface area contributed by atoms with Crippen LogP contribution in [0.2, 0.25) is 0 Å². The molecule has 8 nitrogen and oxygen atoms in total. The van der Waals surface area contributed by atoms with Crippen LogP contribution in [0.3, 0.4) is 0 Å². The molecule has 0 unspecified atom stereocenters. The number of carboxylic acid groups (broad SMARTS) is 2. The fraction of sp³-hybridized carbons (Fsp3) is 0.185. The normalized spacial score (nSPS) is 10.3. The molecule has 0 radical (unpaired) electrons. The van der Waals surface area contributed by atoms with Gasteiger partial charge in [0.1, 0.15) is 23.7 Å². The standard InChI is InChI=1S/C26H25NO5.CH2O2/c1-2-18-7-3-4-9-23(18)31-15-20-13-22(19-8-5-6-17(12-19)14-27)26-21(10-11-30-26)25(20)32-16-24(28)29;2-1-3/h3-13H,2,14-16,27H2,1H3,(H,28,29);1H,(H,2,3). The van der Waals surface area contributed by atoms with E-state index in [0.717, 1.165) is 40.0 Å². The van der Waals surface area contributed by atoms with Gasteiger partial charge in [0.2, 0.25) is 0 Å². The summed E-state index contributed by atoms with van der Waals surface area (Å²) < 4.78 is 17.6. The number of nitrogens with two attached hydrogens (primary N) is 1. The van der Waals surface area contributed by atoms with E-state index in [9.17, 15) is 4.79 Å². The Hall–Kier alpha value is -4.30. The second-order valence-corrected chi connectivity index (χ2v) is 7.52. The van der Waals surface area contributed by atoms with Crippen molar-refractivity contribution in [3.05, 3.63) is 83.6 Å². The number of hydrogen-bond donors (Lipinski definition) is 3. The molecular weight excluding hydrogens is 450 g/mol. The second-order valence-electron chi connectivity index (χ2n) is 7.52. The number of hydrogen-bond acceptors (Lipinski definition) is 6. The summed E-state index contributed by atoms with van der Waals surface area (Å²) in [5.41, 5.74) is 11.1. The first-order valence-electron chi connectivity index (χ1n) is 11.0. The second kappa shape index (κ2) is 12.2. The van der Waals surface area contributed by atoms with E-state index < -0.39 is 12.6 Å². The van der Waals surface area contributed by atoms with Crippen LogP contribution in [-0.4, -0.2) is 29.3 Å². The minimum Gasteiger partial charge on any atom is -0.488 e. The van der Waals surface area contributed by atoms with Gasteiger partial charge in [0.25, 0.3) is 6.47 Å². The molecule has 3 aromatic carbocycles. The minimum atomic E-state index is -1.05. The summed E-state index contributed by atoms with van der Waals surface area (Å²) in [6, 6.07) is 19.5. The molecule has 0 spiro atoms. The molecule has 0 saturated heterocycles. The zero-order chi connectivity index (χ0) is 25.2. The van der Waals surface area contributed by atoms with E-state index in [1.54, 1.807) is 12.3 Å². The van der Waals surface area contributed by atoms with Crippen molar-refractivity contribution in [3.63, 3.8) is 0 Å². The third-order valence-electron chi connectivity index (χ3n) is 5.32. The van der Waals surface area contributed by atoms with E-state index in [2.05, 4.69) is 6.92 Å². The molecule has 8 heteroatoms. The highest BCUT2D eigenvalue weighted by atomic mass is 16.5. The van der Waals surface area contributed by atoms with E-state index in [0.29, 0.717) is 23.3 Å². The van der Waals surface area contributed by atoms with Gasteiger partial charge in [0.15, 0.2) is 6.61 Å². The lowest BCUT2D eigenvalue weighted by atomic mass is 9.98. The topological polar surface area (TPSA) is 132 Å². The van der Waals surface area contributed by atoms with Crippen LogP contribution in [0, 0.1) is 0 Å². The van der Waals surface area contributed by atoms with Crippen LogP contribution in [0.25, 0.3) is 22.1 Å². The quantitative estimate of drug-likeness (QED) is 0.291. The predicted molar refractivity (Wildman–Crippen MR) is 132 cm³/mol. The van der Waals surface area contributed by atoms with Crippen LogP contribution in [0.4, 0.5) is 0 Å². The summed E-state index contributed by atoms with van der Waals surface area (Å²) in [6.45, 7) is 2.01. The maximum absolute atomic E-state index is 11.2. The van der Waals surface area contributed by atoms with Gasteiger partial charge in [-0.15, -0.1) is 0 Å². The molecule has 0 fully saturated rings. The zero-order valence-electron chi connectivity index (χ0n) is 19.3. The van der Waals surface area contributed by atoms with Crippen molar-refractivity contribution in [2.24, 2.45) is 5.73 Å². The highest BCUT2D eigenvalue weighted by Crippen LogP contribution is 2.39. The van der Waals surface area contributed by atoms with Crippen LogP contribution in [0.1, 0.15) is 23.6 Å². The Kier molecular flexibility index (Phi) is 8.86. The highest BCUT2D eigenvalue weighted by Gasteiger charge is 2.19. The third kappa shape index (κ3) is 6.18. The average molecular weight is 478 g/mol. The number of aliphatic carboxylic acids is 1. The van der Waals surface area contributed by atoms with E-state index in [1.807, 2.05) is 54.6 Å². The molecule has 0 bridgehead atoms. The summed E-state index contributed by atoms with van der Waals surface area (Å²) >= 11 is 0. The predicted octanol–water partition coefficient (Wildman–Crippen LogP) is 4.86. The van der Waals surface area contributed by atoms with Crippen molar-refractivity contribution in [1.82, 2.24) is 0 Å². The molecule has 0 aliphatic heterocycles. The SMILES string of the molecule is CCc1ccccc1OCc1cc(-c2cccc(CN)c2)c2occc2c1OCC(=O)O.O=CO. The van der Waals surface area contributed by atoms with Gasteiger partial charge in [0, 0.05) is 17.7 Å². The summed E-state index contributed by atoms with van der Waals surface area (Å²) in [7, 11) is 0. The van der Waals surface area contributed by atoms with Crippen molar-refractivity contribution in [3.8, 4) is 22.6 Å². The van der Waals surface area contributed by atoms with E-state index in [1.165, 1.54) is 0 Å². The van der Waals surface area contributed by atoms with Crippen LogP contribution in [0.15, 0.2) is 71.3 Å². The molecule has 182 valence electrons. The van der Waals surface area contributed by atoms with Gasteiger partial charge in [-0.25, -0.2) is 4.79 Å². The van der Waals surface area contributed by atoms with Gasteiger partial charge >= 0.3 is 5.97 Å². The summed E-state index contributed by atoms with van der Waals surface area (Å²) in [6.07, 6.45) is 2.42. The lowest BCUT2D eigenvalue weighted by Crippen LogP contribution is -2.11. The van der Waals surface area contributed by atoms with Crippen molar-refractivity contribution in [2.75, 3.05) is 6.61 Å². The molecule has 4 aromatic rings. The molecule has 0 saturated carbocycles. The number of ether oxygens (including phenoxy) is 2. The van der Waals surface area contributed by atoms with Crippen LogP contribution >= 0.6 is 0 Å².